The van der Waals surface area contributed by atoms with Gasteiger partial charge in [0.05, 0.1) is 13.1 Å². The molecule has 0 spiro atoms. The van der Waals surface area contributed by atoms with Crippen molar-refractivity contribution in [1.29, 1.82) is 0 Å². The first-order valence-electron chi connectivity index (χ1n) is 6.27. The molecule has 0 atom stereocenters. The highest BCUT2D eigenvalue weighted by Gasteiger charge is 2.44. The van der Waals surface area contributed by atoms with Gasteiger partial charge in [-0.05, 0) is 18.3 Å². The highest BCUT2D eigenvalue weighted by molar-refractivity contribution is 4.95. The van der Waals surface area contributed by atoms with E-state index < -0.39 is 12.5 Å². The van der Waals surface area contributed by atoms with Crippen LogP contribution in [0.25, 0.3) is 0 Å². The van der Waals surface area contributed by atoms with Crippen LogP contribution in [0, 0.1) is 5.41 Å². The summed E-state index contributed by atoms with van der Waals surface area (Å²) in [7, 11) is 0. The zero-order valence-electron chi connectivity index (χ0n) is 10.4. The summed E-state index contributed by atoms with van der Waals surface area (Å²) in [5, 5.41) is 0. The molecule has 0 bridgehead atoms. The van der Waals surface area contributed by atoms with Gasteiger partial charge in [-0.25, -0.2) is 8.78 Å². The monoisotopic (exact) mass is 234 g/mol. The third kappa shape index (κ3) is 3.39. The van der Waals surface area contributed by atoms with Crippen LogP contribution in [-0.4, -0.2) is 37.0 Å². The molecule has 0 aromatic rings. The molecule has 96 valence electrons. The molecule has 1 fully saturated rings. The number of hydrogen-bond acceptors (Lipinski definition) is 2. The summed E-state index contributed by atoms with van der Waals surface area (Å²) in [6.45, 7) is 5.26. The predicted octanol–water partition coefficient (Wildman–Crippen LogP) is 2.48. The number of nitrogens with two attached hydrogens (primary N) is 1. The average molecular weight is 234 g/mol. The lowest BCUT2D eigenvalue weighted by Gasteiger charge is -2.51. The molecule has 1 saturated heterocycles. The highest BCUT2D eigenvalue weighted by Crippen LogP contribution is 2.40. The molecule has 0 saturated carbocycles. The van der Waals surface area contributed by atoms with E-state index in [0.717, 1.165) is 38.8 Å². The number of likely N-dealkylation sites (tertiary alicyclic amines) is 1. The molecule has 0 radical (unpaired) electrons. The Kier molecular flexibility index (Phi) is 4.68. The van der Waals surface area contributed by atoms with Crippen molar-refractivity contribution in [3.8, 4) is 0 Å². The Labute approximate surface area is 97.2 Å². The molecular formula is C12H24F2N2. The Bertz CT molecular complexity index is 205. The predicted molar refractivity (Wildman–Crippen MR) is 62.7 cm³/mol. The number of hydrogen-bond donors (Lipinski definition) is 1. The molecule has 1 aliphatic rings. The van der Waals surface area contributed by atoms with Gasteiger partial charge in [0.2, 0.25) is 0 Å². The summed E-state index contributed by atoms with van der Waals surface area (Å²) in [5.74, 6) is -2.72. The Hall–Kier alpha value is -0.220. The van der Waals surface area contributed by atoms with Crippen LogP contribution in [0.15, 0.2) is 0 Å². The molecule has 2 nitrogen and oxygen atoms in total. The second-order valence-corrected chi connectivity index (χ2v) is 5.21. The average Bonchev–Trinajstić information content (AvgIpc) is 2.16. The molecule has 1 heterocycles. The van der Waals surface area contributed by atoms with Crippen molar-refractivity contribution >= 4 is 0 Å². The summed E-state index contributed by atoms with van der Waals surface area (Å²) >= 11 is 0. The van der Waals surface area contributed by atoms with Crippen molar-refractivity contribution in [2.24, 2.45) is 11.1 Å². The van der Waals surface area contributed by atoms with Gasteiger partial charge >= 0.3 is 0 Å². The van der Waals surface area contributed by atoms with Gasteiger partial charge in [0.15, 0.2) is 0 Å². The lowest BCUT2D eigenvalue weighted by atomic mass is 9.72. The maximum Gasteiger partial charge on any atom is 0.272 e. The second kappa shape index (κ2) is 5.41. The first kappa shape index (κ1) is 13.8. The maximum atomic E-state index is 13.1. The minimum atomic E-state index is -2.72. The van der Waals surface area contributed by atoms with E-state index in [4.69, 9.17) is 5.73 Å². The molecule has 1 aliphatic heterocycles. The molecule has 0 unspecified atom stereocenters. The standard InChI is InChI=1S/C12H24F2N2/c1-3-5-11(6-4-2)8-16(9-11)10-12(13,14)7-15/h3-10,15H2,1-2H3. The number of halogens is 2. The summed E-state index contributed by atoms with van der Waals surface area (Å²) in [5.41, 5.74) is 5.36. The van der Waals surface area contributed by atoms with Gasteiger partial charge in [-0.1, -0.05) is 26.7 Å². The molecule has 0 aromatic carbocycles. The quantitative estimate of drug-likeness (QED) is 0.733. The van der Waals surface area contributed by atoms with E-state index in [2.05, 4.69) is 13.8 Å². The van der Waals surface area contributed by atoms with Crippen molar-refractivity contribution in [2.75, 3.05) is 26.2 Å². The first-order valence-corrected chi connectivity index (χ1v) is 6.27. The summed E-state index contributed by atoms with van der Waals surface area (Å²) in [6.07, 6.45) is 4.60. The molecule has 4 heteroatoms. The summed E-state index contributed by atoms with van der Waals surface area (Å²) in [4.78, 5) is 1.85. The van der Waals surface area contributed by atoms with Crippen LogP contribution in [0.4, 0.5) is 8.78 Å². The lowest BCUT2D eigenvalue weighted by Crippen LogP contribution is -2.59. The van der Waals surface area contributed by atoms with Gasteiger partial charge in [-0.2, -0.15) is 0 Å². The zero-order valence-corrected chi connectivity index (χ0v) is 10.4. The van der Waals surface area contributed by atoms with Crippen molar-refractivity contribution in [1.82, 2.24) is 4.90 Å². The highest BCUT2D eigenvalue weighted by atomic mass is 19.3. The van der Waals surface area contributed by atoms with Crippen LogP contribution in [-0.2, 0) is 0 Å². The third-order valence-electron chi connectivity index (χ3n) is 3.43. The normalized spacial score (nSPS) is 20.8. The van der Waals surface area contributed by atoms with Gasteiger partial charge in [-0.15, -0.1) is 0 Å². The third-order valence-corrected chi connectivity index (χ3v) is 3.43. The summed E-state index contributed by atoms with van der Waals surface area (Å²) in [6, 6.07) is 0. The fourth-order valence-corrected chi connectivity index (χ4v) is 2.91. The van der Waals surface area contributed by atoms with E-state index in [1.54, 1.807) is 0 Å². The van der Waals surface area contributed by atoms with Crippen molar-refractivity contribution in [3.63, 3.8) is 0 Å². The van der Waals surface area contributed by atoms with Crippen molar-refractivity contribution in [3.05, 3.63) is 0 Å². The van der Waals surface area contributed by atoms with Gasteiger partial charge in [0, 0.05) is 13.1 Å². The first-order chi connectivity index (χ1) is 7.47. The Morgan fingerprint density at radius 3 is 2.06 bits per heavy atom. The van der Waals surface area contributed by atoms with Crippen LogP contribution in [0.1, 0.15) is 39.5 Å². The van der Waals surface area contributed by atoms with Gasteiger partial charge in [0.25, 0.3) is 5.92 Å². The number of nitrogens with zero attached hydrogens (tertiary/aromatic N) is 1. The van der Waals surface area contributed by atoms with E-state index in [1.807, 2.05) is 4.90 Å². The maximum absolute atomic E-state index is 13.1. The number of alkyl halides is 2. The molecular weight excluding hydrogens is 210 g/mol. The smallest absolute Gasteiger partial charge is 0.272 e. The van der Waals surface area contributed by atoms with Crippen molar-refractivity contribution < 1.29 is 8.78 Å². The van der Waals surface area contributed by atoms with Gasteiger partial charge in [0.1, 0.15) is 0 Å². The summed E-state index contributed by atoms with van der Waals surface area (Å²) < 4.78 is 26.2. The Balaban J connectivity index is 2.38. The Morgan fingerprint density at radius 1 is 1.19 bits per heavy atom. The fourth-order valence-electron chi connectivity index (χ4n) is 2.91. The van der Waals surface area contributed by atoms with Gasteiger partial charge in [-0.3, -0.25) is 4.90 Å². The van der Waals surface area contributed by atoms with Crippen LogP contribution in [0.5, 0.6) is 0 Å². The topological polar surface area (TPSA) is 29.3 Å². The largest absolute Gasteiger partial charge is 0.325 e. The van der Waals surface area contributed by atoms with Gasteiger partial charge < -0.3 is 5.73 Å². The molecule has 0 amide bonds. The second-order valence-electron chi connectivity index (χ2n) is 5.21. The van der Waals surface area contributed by atoms with Crippen molar-refractivity contribution in [2.45, 2.75) is 45.5 Å². The SMILES string of the molecule is CCCC1(CCC)CN(CC(F)(F)CN)C1. The van der Waals surface area contributed by atoms with E-state index in [0.29, 0.717) is 5.41 Å². The minimum Gasteiger partial charge on any atom is -0.325 e. The van der Waals surface area contributed by atoms with Crippen LogP contribution in [0.2, 0.25) is 0 Å². The molecule has 16 heavy (non-hydrogen) atoms. The number of rotatable bonds is 7. The lowest BCUT2D eigenvalue weighted by molar-refractivity contribution is -0.0894. The van der Waals surface area contributed by atoms with Crippen LogP contribution < -0.4 is 5.73 Å². The fraction of sp³-hybridized carbons (Fsp3) is 1.00. The molecule has 0 aromatic heterocycles. The van der Waals surface area contributed by atoms with Crippen LogP contribution in [0.3, 0.4) is 0 Å². The molecule has 1 rings (SSSR count). The zero-order chi connectivity index (χ0) is 12.2. The van der Waals surface area contributed by atoms with E-state index in [-0.39, 0.29) is 6.54 Å². The van der Waals surface area contributed by atoms with E-state index >= 15 is 0 Å². The molecule has 2 N–H and O–H groups in total. The van der Waals surface area contributed by atoms with E-state index in [1.165, 1.54) is 0 Å². The van der Waals surface area contributed by atoms with E-state index in [9.17, 15) is 8.78 Å². The minimum absolute atomic E-state index is 0.168. The molecule has 0 aliphatic carbocycles. The van der Waals surface area contributed by atoms with Crippen LogP contribution >= 0.6 is 0 Å². The Morgan fingerprint density at radius 2 is 1.69 bits per heavy atom.